The summed E-state index contributed by atoms with van der Waals surface area (Å²) in [6, 6.07) is 4.41. The van der Waals surface area contributed by atoms with Crippen LogP contribution >= 0.6 is 11.6 Å². The molecule has 7 heteroatoms. The van der Waals surface area contributed by atoms with Crippen molar-refractivity contribution in [1.82, 2.24) is 9.62 Å². The summed E-state index contributed by atoms with van der Waals surface area (Å²) in [7, 11) is -3.63. The van der Waals surface area contributed by atoms with Gasteiger partial charge >= 0.3 is 0 Å². The number of nitrogens with zero attached hydrogens (tertiary/aromatic N) is 1. The number of nitrogens with one attached hydrogen (secondary N) is 1. The summed E-state index contributed by atoms with van der Waals surface area (Å²) in [6.45, 7) is 4.76. The molecule has 0 aliphatic carbocycles. The van der Waals surface area contributed by atoms with Gasteiger partial charge in [-0.25, -0.2) is 13.1 Å². The molecule has 0 radical (unpaired) electrons. The fraction of sp³-hybridized carbons (Fsp3) is 0.538. The highest BCUT2D eigenvalue weighted by atomic mass is 35.5. The predicted molar refractivity (Wildman–Crippen MR) is 81.3 cm³/mol. The molecule has 1 atom stereocenters. The second kappa shape index (κ2) is 6.30. The van der Waals surface area contributed by atoms with Crippen LogP contribution in [0.25, 0.3) is 0 Å². The molecule has 1 unspecified atom stereocenters. The molecule has 2 rings (SSSR count). The van der Waals surface area contributed by atoms with Crippen LogP contribution in [0.4, 0.5) is 5.69 Å². The Morgan fingerprint density at radius 2 is 2.25 bits per heavy atom. The zero-order chi connectivity index (χ0) is 14.8. The summed E-state index contributed by atoms with van der Waals surface area (Å²) >= 11 is 5.97. The van der Waals surface area contributed by atoms with Gasteiger partial charge < -0.3 is 10.6 Å². The number of halogens is 1. The van der Waals surface area contributed by atoms with E-state index in [0.29, 0.717) is 5.69 Å². The predicted octanol–water partition coefficient (Wildman–Crippen LogP) is 1.68. The van der Waals surface area contributed by atoms with E-state index in [1.54, 1.807) is 6.07 Å². The van der Waals surface area contributed by atoms with E-state index in [1.807, 2.05) is 0 Å². The smallest absolute Gasteiger partial charge is 0.242 e. The highest BCUT2D eigenvalue weighted by molar-refractivity contribution is 7.89. The van der Waals surface area contributed by atoms with Crippen LogP contribution in [0.2, 0.25) is 5.02 Å². The van der Waals surface area contributed by atoms with Crippen molar-refractivity contribution in [3.63, 3.8) is 0 Å². The molecule has 0 bridgehead atoms. The number of likely N-dealkylation sites (tertiary alicyclic amines) is 1. The van der Waals surface area contributed by atoms with Gasteiger partial charge in [0.1, 0.15) is 4.90 Å². The summed E-state index contributed by atoms with van der Waals surface area (Å²) in [5, 5.41) is 0.190. The molecule has 3 N–H and O–H groups in total. The molecule has 1 aromatic rings. The molecule has 0 spiro atoms. The number of rotatable bonds is 4. The number of hydrogen-bond donors (Lipinski definition) is 2. The van der Waals surface area contributed by atoms with Crippen molar-refractivity contribution in [3.05, 3.63) is 23.2 Å². The number of piperidine rings is 1. The summed E-state index contributed by atoms with van der Waals surface area (Å²) in [6.07, 6.45) is 1.83. The molecule has 0 amide bonds. The van der Waals surface area contributed by atoms with Gasteiger partial charge in [-0.3, -0.25) is 0 Å². The summed E-state index contributed by atoms with van der Waals surface area (Å²) < 4.78 is 27.5. The molecule has 0 saturated carbocycles. The summed E-state index contributed by atoms with van der Waals surface area (Å²) in [5.74, 6) is 0. The highest BCUT2D eigenvalue weighted by Gasteiger charge is 2.26. The number of hydrogen-bond acceptors (Lipinski definition) is 4. The fourth-order valence-electron chi connectivity index (χ4n) is 2.45. The van der Waals surface area contributed by atoms with Crippen LogP contribution in [0.1, 0.15) is 19.8 Å². The van der Waals surface area contributed by atoms with Crippen LogP contribution in [0.15, 0.2) is 23.1 Å². The average Bonchev–Trinajstić information content (AvgIpc) is 2.41. The minimum Gasteiger partial charge on any atom is -0.399 e. The lowest BCUT2D eigenvalue weighted by Crippen LogP contribution is -2.47. The zero-order valence-corrected chi connectivity index (χ0v) is 13.0. The van der Waals surface area contributed by atoms with Gasteiger partial charge in [-0.05, 0) is 44.1 Å². The van der Waals surface area contributed by atoms with Crippen molar-refractivity contribution < 1.29 is 8.42 Å². The molecule has 20 heavy (non-hydrogen) atoms. The first-order valence-electron chi connectivity index (χ1n) is 6.72. The van der Waals surface area contributed by atoms with E-state index in [1.165, 1.54) is 12.1 Å². The summed E-state index contributed by atoms with van der Waals surface area (Å²) in [5.41, 5.74) is 6.02. The maximum Gasteiger partial charge on any atom is 0.242 e. The maximum atomic E-state index is 12.4. The third kappa shape index (κ3) is 3.63. The standard InChI is InChI=1S/C13H20ClN3O2S/c1-2-17-7-3-4-11(9-17)16-20(18,19)13-8-10(15)5-6-12(13)14/h5-6,8,11,16H,2-4,7,9,15H2,1H3. The fourth-order valence-corrected chi connectivity index (χ4v) is 4.24. The van der Waals surface area contributed by atoms with Gasteiger partial charge in [-0.1, -0.05) is 18.5 Å². The van der Waals surface area contributed by atoms with Gasteiger partial charge in [-0.2, -0.15) is 0 Å². The van der Waals surface area contributed by atoms with Gasteiger partial charge in [-0.15, -0.1) is 0 Å². The second-order valence-corrected chi connectivity index (χ2v) is 7.13. The Morgan fingerprint density at radius 3 is 2.95 bits per heavy atom. The van der Waals surface area contributed by atoms with Gasteiger partial charge in [0.25, 0.3) is 0 Å². The Kier molecular flexibility index (Phi) is 4.90. The minimum atomic E-state index is -3.63. The number of nitrogen functional groups attached to an aromatic ring is 1. The molecular formula is C13H20ClN3O2S. The number of benzene rings is 1. The molecule has 0 aromatic heterocycles. The van der Waals surface area contributed by atoms with Crippen LogP contribution in [0.3, 0.4) is 0 Å². The first-order chi connectivity index (χ1) is 9.42. The van der Waals surface area contributed by atoms with Crippen LogP contribution in [0, 0.1) is 0 Å². The Balaban J connectivity index is 2.16. The van der Waals surface area contributed by atoms with Crippen LogP contribution in [0.5, 0.6) is 0 Å². The zero-order valence-electron chi connectivity index (χ0n) is 11.5. The molecule has 1 aliphatic rings. The van der Waals surface area contributed by atoms with E-state index in [9.17, 15) is 8.42 Å². The molecule has 1 fully saturated rings. The largest absolute Gasteiger partial charge is 0.399 e. The Bertz CT molecular complexity index is 577. The average molecular weight is 318 g/mol. The van der Waals surface area contributed by atoms with Crippen molar-refractivity contribution in [3.8, 4) is 0 Å². The van der Waals surface area contributed by atoms with E-state index in [0.717, 1.165) is 32.5 Å². The molecule has 1 saturated heterocycles. The molecule has 1 aliphatic heterocycles. The molecule has 1 heterocycles. The number of sulfonamides is 1. The number of anilines is 1. The lowest BCUT2D eigenvalue weighted by atomic mass is 10.1. The van der Waals surface area contributed by atoms with Crippen LogP contribution < -0.4 is 10.5 Å². The van der Waals surface area contributed by atoms with E-state index in [2.05, 4.69) is 16.5 Å². The van der Waals surface area contributed by atoms with Gasteiger partial charge in [0.15, 0.2) is 0 Å². The number of nitrogens with two attached hydrogens (primary N) is 1. The SMILES string of the molecule is CCN1CCCC(NS(=O)(=O)c2cc(N)ccc2Cl)C1. The lowest BCUT2D eigenvalue weighted by Gasteiger charge is -2.32. The van der Waals surface area contributed by atoms with E-state index in [4.69, 9.17) is 17.3 Å². The number of likely N-dealkylation sites (N-methyl/N-ethyl adjacent to an activating group) is 1. The highest BCUT2D eigenvalue weighted by Crippen LogP contribution is 2.24. The van der Waals surface area contributed by atoms with Crippen molar-refractivity contribution in [2.24, 2.45) is 0 Å². The topological polar surface area (TPSA) is 75.4 Å². The third-order valence-electron chi connectivity index (χ3n) is 3.52. The molecule has 112 valence electrons. The quantitative estimate of drug-likeness (QED) is 0.829. The maximum absolute atomic E-state index is 12.4. The van der Waals surface area contributed by atoms with Crippen LogP contribution in [-0.4, -0.2) is 39.0 Å². The lowest BCUT2D eigenvalue weighted by molar-refractivity contribution is 0.211. The van der Waals surface area contributed by atoms with Gasteiger partial charge in [0.2, 0.25) is 10.0 Å². The third-order valence-corrected chi connectivity index (χ3v) is 5.52. The summed E-state index contributed by atoms with van der Waals surface area (Å²) in [4.78, 5) is 2.28. The van der Waals surface area contributed by atoms with Crippen molar-refractivity contribution in [2.45, 2.75) is 30.7 Å². The van der Waals surface area contributed by atoms with E-state index < -0.39 is 10.0 Å². The molecule has 5 nitrogen and oxygen atoms in total. The first kappa shape index (κ1) is 15.6. The first-order valence-corrected chi connectivity index (χ1v) is 8.58. The van der Waals surface area contributed by atoms with Gasteiger partial charge in [0, 0.05) is 18.3 Å². The van der Waals surface area contributed by atoms with Crippen molar-refractivity contribution in [1.29, 1.82) is 0 Å². The van der Waals surface area contributed by atoms with Crippen molar-refractivity contribution >= 4 is 27.3 Å². The van der Waals surface area contributed by atoms with E-state index >= 15 is 0 Å². The van der Waals surface area contributed by atoms with Gasteiger partial charge in [0.05, 0.1) is 5.02 Å². The molecular weight excluding hydrogens is 298 g/mol. The van der Waals surface area contributed by atoms with Crippen LogP contribution in [-0.2, 0) is 10.0 Å². The normalized spacial score (nSPS) is 21.0. The molecule has 1 aromatic carbocycles. The Hall–Kier alpha value is -0.820. The minimum absolute atomic E-state index is 0.0489. The monoisotopic (exact) mass is 317 g/mol. The van der Waals surface area contributed by atoms with E-state index in [-0.39, 0.29) is 16.0 Å². The second-order valence-electron chi connectivity index (χ2n) is 5.04. The Labute approximate surface area is 125 Å². The van der Waals surface area contributed by atoms with Crippen molar-refractivity contribution in [2.75, 3.05) is 25.4 Å². The Morgan fingerprint density at radius 1 is 1.50 bits per heavy atom.